The van der Waals surface area contributed by atoms with Crippen LogP contribution in [0, 0.1) is 0 Å². The summed E-state index contributed by atoms with van der Waals surface area (Å²) < 4.78 is 0. The van der Waals surface area contributed by atoms with E-state index < -0.39 is 8.32 Å². The quantitative estimate of drug-likeness (QED) is 0.472. The van der Waals surface area contributed by atoms with E-state index >= 15 is 0 Å². The van der Waals surface area contributed by atoms with Crippen molar-refractivity contribution < 1.29 is 4.80 Å². The molecule has 0 aliphatic carbocycles. The molecule has 0 aromatic carbocycles. The first-order chi connectivity index (χ1) is 3.48. The van der Waals surface area contributed by atoms with Crippen LogP contribution in [0.2, 0.25) is 13.1 Å². The number of alkyl halides is 1. The Labute approximate surface area is 56.8 Å². The van der Waals surface area contributed by atoms with Gasteiger partial charge in [-0.05, 0) is 19.5 Å². The summed E-state index contributed by atoms with van der Waals surface area (Å²) in [4.78, 5) is 9.29. The van der Waals surface area contributed by atoms with E-state index in [-0.39, 0.29) is 5.00 Å². The Morgan fingerprint density at radius 3 is 2.00 bits per heavy atom. The Morgan fingerprint density at radius 2 is 2.00 bits per heavy atom. The molecule has 1 N–H and O–H groups in total. The van der Waals surface area contributed by atoms with Gasteiger partial charge in [-0.1, -0.05) is 6.92 Å². The molecule has 0 amide bonds. The SMILES string of the molecule is CCC(Cl)[Si](C)(C)O. The molecule has 0 rings (SSSR count). The van der Waals surface area contributed by atoms with Crippen LogP contribution in [-0.4, -0.2) is 18.1 Å². The van der Waals surface area contributed by atoms with E-state index in [2.05, 4.69) is 0 Å². The third-order valence-electron chi connectivity index (χ3n) is 1.12. The summed E-state index contributed by atoms with van der Waals surface area (Å²) in [5.41, 5.74) is 0. The molecule has 8 heavy (non-hydrogen) atoms. The minimum absolute atomic E-state index is 0.0162. The summed E-state index contributed by atoms with van der Waals surface area (Å²) in [6.45, 7) is 5.70. The average Bonchev–Trinajstić information content (AvgIpc) is 1.62. The molecule has 1 unspecified atom stereocenters. The number of halogens is 1. The zero-order chi connectivity index (χ0) is 6.78. The number of rotatable bonds is 2. The van der Waals surface area contributed by atoms with Crippen molar-refractivity contribution in [2.24, 2.45) is 0 Å². The second kappa shape index (κ2) is 2.85. The molecule has 0 radical (unpaired) electrons. The fourth-order valence-corrected chi connectivity index (χ4v) is 1.50. The molecule has 50 valence electrons. The standard InChI is InChI=1S/C5H13ClOSi/c1-4-5(6)8(2,3)7/h5,7H,4H2,1-3H3. The monoisotopic (exact) mass is 152 g/mol. The second-order valence-electron chi connectivity index (χ2n) is 2.53. The van der Waals surface area contributed by atoms with Crippen molar-refractivity contribution in [3.05, 3.63) is 0 Å². The molecular weight excluding hydrogens is 140 g/mol. The van der Waals surface area contributed by atoms with E-state index in [4.69, 9.17) is 11.6 Å². The lowest BCUT2D eigenvalue weighted by molar-refractivity contribution is 0.541. The van der Waals surface area contributed by atoms with E-state index in [9.17, 15) is 4.80 Å². The van der Waals surface area contributed by atoms with Crippen LogP contribution < -0.4 is 0 Å². The van der Waals surface area contributed by atoms with Crippen molar-refractivity contribution in [3.63, 3.8) is 0 Å². The summed E-state index contributed by atoms with van der Waals surface area (Å²) in [5.74, 6) is 0. The van der Waals surface area contributed by atoms with Crippen LogP contribution in [0.5, 0.6) is 0 Å². The van der Waals surface area contributed by atoms with Gasteiger partial charge >= 0.3 is 0 Å². The Kier molecular flexibility index (Phi) is 3.02. The number of hydrogen-bond donors (Lipinski definition) is 1. The molecule has 1 nitrogen and oxygen atoms in total. The smallest absolute Gasteiger partial charge is 0.200 e. The summed E-state index contributed by atoms with van der Waals surface area (Å²) in [6, 6.07) is 0. The minimum atomic E-state index is -2.00. The molecule has 0 saturated heterocycles. The minimum Gasteiger partial charge on any atom is -0.431 e. The van der Waals surface area contributed by atoms with E-state index in [0.29, 0.717) is 0 Å². The highest BCUT2D eigenvalue weighted by Crippen LogP contribution is 2.13. The van der Waals surface area contributed by atoms with Crippen LogP contribution >= 0.6 is 11.6 Å². The maximum atomic E-state index is 9.29. The van der Waals surface area contributed by atoms with Crippen molar-refractivity contribution in [3.8, 4) is 0 Å². The molecule has 3 heteroatoms. The van der Waals surface area contributed by atoms with Crippen molar-refractivity contribution in [2.75, 3.05) is 0 Å². The fourth-order valence-electron chi connectivity index (χ4n) is 0.500. The average molecular weight is 153 g/mol. The van der Waals surface area contributed by atoms with E-state index in [1.54, 1.807) is 0 Å². The summed E-state index contributed by atoms with van der Waals surface area (Å²) in [5, 5.41) is 0.0162. The van der Waals surface area contributed by atoms with Gasteiger partial charge < -0.3 is 4.80 Å². The highest BCUT2D eigenvalue weighted by molar-refractivity contribution is 6.78. The van der Waals surface area contributed by atoms with Crippen LogP contribution in [-0.2, 0) is 0 Å². The topological polar surface area (TPSA) is 20.2 Å². The van der Waals surface area contributed by atoms with Gasteiger partial charge in [0.1, 0.15) is 0 Å². The highest BCUT2D eigenvalue weighted by atomic mass is 35.5. The zero-order valence-corrected chi connectivity index (χ0v) is 7.37. The first-order valence-corrected chi connectivity index (χ1v) is 6.31. The second-order valence-corrected chi connectivity index (χ2v) is 7.43. The molecule has 0 fully saturated rings. The van der Waals surface area contributed by atoms with Crippen molar-refractivity contribution in [1.82, 2.24) is 0 Å². The lowest BCUT2D eigenvalue weighted by atomic mass is 10.6. The van der Waals surface area contributed by atoms with Crippen molar-refractivity contribution in [2.45, 2.75) is 31.4 Å². The van der Waals surface area contributed by atoms with Gasteiger partial charge in [-0.3, -0.25) is 0 Å². The Balaban J connectivity index is 3.62. The zero-order valence-electron chi connectivity index (χ0n) is 5.61. The predicted molar refractivity (Wildman–Crippen MR) is 39.6 cm³/mol. The first kappa shape index (κ1) is 8.47. The van der Waals surface area contributed by atoms with Gasteiger partial charge in [-0.2, -0.15) is 0 Å². The molecule has 0 spiro atoms. The Morgan fingerprint density at radius 1 is 1.62 bits per heavy atom. The lowest BCUT2D eigenvalue weighted by Crippen LogP contribution is -2.37. The van der Waals surface area contributed by atoms with E-state index in [1.165, 1.54) is 0 Å². The Bertz CT molecular complexity index is 69.3. The Hall–Kier alpha value is 0.467. The van der Waals surface area contributed by atoms with Gasteiger partial charge in [-0.15, -0.1) is 11.6 Å². The number of hydrogen-bond acceptors (Lipinski definition) is 1. The summed E-state index contributed by atoms with van der Waals surface area (Å²) in [6.07, 6.45) is 0.872. The molecule has 0 bridgehead atoms. The largest absolute Gasteiger partial charge is 0.431 e. The fraction of sp³-hybridized carbons (Fsp3) is 1.00. The van der Waals surface area contributed by atoms with Gasteiger partial charge in [0.15, 0.2) is 8.32 Å². The van der Waals surface area contributed by atoms with Crippen LogP contribution in [0.25, 0.3) is 0 Å². The summed E-state index contributed by atoms with van der Waals surface area (Å²) in [7, 11) is -2.00. The third kappa shape index (κ3) is 2.70. The van der Waals surface area contributed by atoms with E-state index in [0.717, 1.165) is 6.42 Å². The van der Waals surface area contributed by atoms with Gasteiger partial charge in [0.25, 0.3) is 0 Å². The molecule has 0 heterocycles. The van der Waals surface area contributed by atoms with Crippen LogP contribution in [0.4, 0.5) is 0 Å². The van der Waals surface area contributed by atoms with Crippen LogP contribution in [0.3, 0.4) is 0 Å². The normalized spacial score (nSPS) is 16.1. The van der Waals surface area contributed by atoms with Crippen molar-refractivity contribution >= 4 is 19.9 Å². The van der Waals surface area contributed by atoms with Gasteiger partial charge in [0.05, 0.1) is 5.00 Å². The molecular formula is C5H13ClOSi. The lowest BCUT2D eigenvalue weighted by Gasteiger charge is -2.18. The van der Waals surface area contributed by atoms with Gasteiger partial charge in [0, 0.05) is 0 Å². The third-order valence-corrected chi connectivity index (χ3v) is 4.98. The highest BCUT2D eigenvalue weighted by Gasteiger charge is 2.25. The molecule has 0 saturated carbocycles. The van der Waals surface area contributed by atoms with Crippen LogP contribution in [0.1, 0.15) is 13.3 Å². The van der Waals surface area contributed by atoms with E-state index in [1.807, 2.05) is 20.0 Å². The molecule has 1 atom stereocenters. The van der Waals surface area contributed by atoms with Gasteiger partial charge in [0.2, 0.25) is 0 Å². The molecule has 0 aromatic heterocycles. The van der Waals surface area contributed by atoms with Gasteiger partial charge in [-0.25, -0.2) is 0 Å². The maximum Gasteiger partial charge on any atom is 0.200 e. The summed E-state index contributed by atoms with van der Waals surface area (Å²) >= 11 is 5.75. The molecule has 0 aliphatic heterocycles. The van der Waals surface area contributed by atoms with Crippen molar-refractivity contribution in [1.29, 1.82) is 0 Å². The molecule has 0 aliphatic rings. The molecule has 0 aromatic rings. The van der Waals surface area contributed by atoms with Crippen LogP contribution in [0.15, 0.2) is 0 Å². The predicted octanol–water partition coefficient (Wildman–Crippen LogP) is 1.74. The first-order valence-electron chi connectivity index (χ1n) is 2.85. The maximum absolute atomic E-state index is 9.29.